The summed E-state index contributed by atoms with van der Waals surface area (Å²) < 4.78 is 5.09. The van der Waals surface area contributed by atoms with Crippen LogP contribution in [0.15, 0.2) is 0 Å². The van der Waals surface area contributed by atoms with E-state index in [9.17, 15) is 14.7 Å². The summed E-state index contributed by atoms with van der Waals surface area (Å²) in [4.78, 5) is 21.9. The smallest absolute Gasteiger partial charge is 0.315 e. The largest absolute Gasteiger partial charge is 0.481 e. The number of carbonyl (C=O) groups is 2. The Morgan fingerprint density at radius 2 is 2.00 bits per heavy atom. The van der Waals surface area contributed by atoms with Crippen molar-refractivity contribution >= 4 is 11.9 Å². The molecule has 1 saturated heterocycles. The van der Waals surface area contributed by atoms with Gasteiger partial charge >= 0.3 is 5.97 Å². The predicted octanol–water partition coefficient (Wildman–Crippen LogP) is -0.635. The van der Waals surface area contributed by atoms with Crippen LogP contribution in [0.4, 0.5) is 0 Å². The summed E-state index contributed by atoms with van der Waals surface area (Å²) in [5.41, 5.74) is -0.966. The molecule has 1 aliphatic heterocycles. The second-order valence-corrected chi connectivity index (χ2v) is 4.11. The molecule has 1 aliphatic rings. The number of rotatable bonds is 4. The quantitative estimate of drug-likeness (QED) is 0.559. The van der Waals surface area contributed by atoms with E-state index in [2.05, 4.69) is 5.32 Å². The molecule has 0 aliphatic carbocycles. The van der Waals surface area contributed by atoms with Gasteiger partial charge in [-0.25, -0.2) is 0 Å². The lowest BCUT2D eigenvalue weighted by atomic mass is 9.94. The Morgan fingerprint density at radius 3 is 2.50 bits per heavy atom. The Hall–Kier alpha value is -1.14. The van der Waals surface area contributed by atoms with Gasteiger partial charge in [-0.05, 0) is 6.92 Å². The second kappa shape index (κ2) is 5.27. The van der Waals surface area contributed by atoms with Crippen molar-refractivity contribution in [3.05, 3.63) is 0 Å². The lowest BCUT2D eigenvalue weighted by Gasteiger charge is -2.32. The van der Waals surface area contributed by atoms with E-state index >= 15 is 0 Å². The van der Waals surface area contributed by atoms with Crippen LogP contribution in [0.3, 0.4) is 0 Å². The maximum Gasteiger partial charge on any atom is 0.315 e. The third-order valence-electron chi connectivity index (χ3n) is 2.78. The normalized spacial score (nSPS) is 21.1. The number of amides is 1. The van der Waals surface area contributed by atoms with Crippen LogP contribution in [0.5, 0.6) is 0 Å². The molecule has 6 nitrogen and oxygen atoms in total. The zero-order valence-electron chi connectivity index (χ0n) is 9.23. The molecule has 1 atom stereocenters. The number of carboxylic acids is 1. The van der Waals surface area contributed by atoms with E-state index in [1.165, 1.54) is 6.92 Å². The summed E-state index contributed by atoms with van der Waals surface area (Å²) >= 11 is 0. The topological polar surface area (TPSA) is 95.9 Å². The van der Waals surface area contributed by atoms with E-state index in [0.29, 0.717) is 26.1 Å². The van der Waals surface area contributed by atoms with Crippen LogP contribution >= 0.6 is 0 Å². The summed E-state index contributed by atoms with van der Waals surface area (Å²) in [6.45, 7) is 2.31. The molecule has 92 valence electrons. The van der Waals surface area contributed by atoms with Crippen molar-refractivity contribution in [3.8, 4) is 0 Å². The number of hydrogen-bond acceptors (Lipinski definition) is 4. The molecule has 1 unspecified atom stereocenters. The zero-order valence-corrected chi connectivity index (χ0v) is 9.23. The highest BCUT2D eigenvalue weighted by atomic mass is 16.5. The third-order valence-corrected chi connectivity index (χ3v) is 2.78. The fourth-order valence-electron chi connectivity index (χ4n) is 1.45. The van der Waals surface area contributed by atoms with Gasteiger partial charge in [-0.3, -0.25) is 9.59 Å². The molecule has 16 heavy (non-hydrogen) atoms. The van der Waals surface area contributed by atoms with Gasteiger partial charge in [0.25, 0.3) is 0 Å². The number of carbonyl (C=O) groups excluding carboxylic acids is 1. The van der Waals surface area contributed by atoms with E-state index in [0.717, 1.165) is 0 Å². The maximum absolute atomic E-state index is 11.3. The molecule has 1 fully saturated rings. The molecule has 6 heteroatoms. The minimum atomic E-state index is -1.17. The summed E-state index contributed by atoms with van der Waals surface area (Å²) in [5.74, 6) is -2.84. The first-order valence-electron chi connectivity index (χ1n) is 5.25. The van der Waals surface area contributed by atoms with Gasteiger partial charge in [-0.1, -0.05) is 0 Å². The summed E-state index contributed by atoms with van der Waals surface area (Å²) in [7, 11) is 0. The Labute approximate surface area is 93.6 Å². The molecule has 0 radical (unpaired) electrons. The molecule has 0 spiro atoms. The number of aliphatic carboxylic acids is 1. The highest BCUT2D eigenvalue weighted by Gasteiger charge is 2.31. The minimum absolute atomic E-state index is 0.0762. The van der Waals surface area contributed by atoms with Gasteiger partial charge < -0.3 is 20.3 Å². The second-order valence-electron chi connectivity index (χ2n) is 4.11. The lowest BCUT2D eigenvalue weighted by molar-refractivity contribution is -0.146. The van der Waals surface area contributed by atoms with E-state index in [-0.39, 0.29) is 6.54 Å². The van der Waals surface area contributed by atoms with Crippen LogP contribution in [0.2, 0.25) is 0 Å². The first kappa shape index (κ1) is 12.9. The van der Waals surface area contributed by atoms with Crippen LogP contribution in [-0.2, 0) is 14.3 Å². The van der Waals surface area contributed by atoms with Gasteiger partial charge in [0.15, 0.2) is 0 Å². The molecule has 1 rings (SSSR count). The van der Waals surface area contributed by atoms with Crippen molar-refractivity contribution in [3.63, 3.8) is 0 Å². The fraction of sp³-hybridized carbons (Fsp3) is 0.800. The lowest BCUT2D eigenvalue weighted by Crippen LogP contribution is -2.48. The van der Waals surface area contributed by atoms with Crippen LogP contribution in [-0.4, -0.2) is 47.4 Å². The van der Waals surface area contributed by atoms with Crippen molar-refractivity contribution in [2.75, 3.05) is 19.8 Å². The summed E-state index contributed by atoms with van der Waals surface area (Å²) in [6.07, 6.45) is 0.906. The molecule has 0 aromatic rings. The molecule has 0 aromatic carbocycles. The van der Waals surface area contributed by atoms with Gasteiger partial charge in [-0.15, -0.1) is 0 Å². The molecule has 3 N–H and O–H groups in total. The van der Waals surface area contributed by atoms with Gasteiger partial charge in [0, 0.05) is 32.6 Å². The van der Waals surface area contributed by atoms with Gasteiger partial charge in [0.1, 0.15) is 5.92 Å². The number of aliphatic hydroxyl groups is 1. The van der Waals surface area contributed by atoms with E-state index < -0.39 is 23.4 Å². The summed E-state index contributed by atoms with van der Waals surface area (Å²) in [6, 6.07) is 0. The van der Waals surface area contributed by atoms with Crippen LogP contribution in [0.25, 0.3) is 0 Å². The Morgan fingerprint density at radius 1 is 1.44 bits per heavy atom. The van der Waals surface area contributed by atoms with Crippen molar-refractivity contribution in [1.29, 1.82) is 0 Å². The van der Waals surface area contributed by atoms with E-state index in [1.807, 2.05) is 0 Å². The molecule has 1 heterocycles. The number of ether oxygens (including phenoxy) is 1. The third kappa shape index (κ3) is 3.46. The number of carboxylic acid groups (broad SMARTS) is 1. The van der Waals surface area contributed by atoms with E-state index in [1.54, 1.807) is 0 Å². The standard InChI is InChI=1S/C10H17NO5/c1-7(9(13)14)8(12)11-6-10(15)2-4-16-5-3-10/h7,15H,2-6H2,1H3,(H,11,12)(H,13,14). The van der Waals surface area contributed by atoms with Crippen molar-refractivity contribution in [2.24, 2.45) is 5.92 Å². The predicted molar refractivity (Wildman–Crippen MR) is 54.8 cm³/mol. The molecule has 1 amide bonds. The van der Waals surface area contributed by atoms with Crippen LogP contribution in [0.1, 0.15) is 19.8 Å². The number of nitrogens with one attached hydrogen (secondary N) is 1. The van der Waals surface area contributed by atoms with Crippen molar-refractivity contribution in [2.45, 2.75) is 25.4 Å². The van der Waals surface area contributed by atoms with Gasteiger partial charge in [-0.2, -0.15) is 0 Å². The fourth-order valence-corrected chi connectivity index (χ4v) is 1.45. The van der Waals surface area contributed by atoms with Crippen LogP contribution < -0.4 is 5.32 Å². The van der Waals surface area contributed by atoms with Crippen LogP contribution in [0, 0.1) is 5.92 Å². The molecule has 0 saturated carbocycles. The SMILES string of the molecule is CC(C(=O)O)C(=O)NCC1(O)CCOCC1. The van der Waals surface area contributed by atoms with E-state index in [4.69, 9.17) is 9.84 Å². The average molecular weight is 231 g/mol. The monoisotopic (exact) mass is 231 g/mol. The molecule has 0 bridgehead atoms. The van der Waals surface area contributed by atoms with Gasteiger partial charge in [0.05, 0.1) is 5.60 Å². The Kier molecular flexibility index (Phi) is 4.26. The highest BCUT2D eigenvalue weighted by molar-refractivity contribution is 5.96. The summed E-state index contributed by atoms with van der Waals surface area (Å²) in [5, 5.41) is 21.1. The minimum Gasteiger partial charge on any atom is -0.481 e. The van der Waals surface area contributed by atoms with Crippen molar-refractivity contribution < 1.29 is 24.5 Å². The maximum atomic E-state index is 11.3. The first-order valence-corrected chi connectivity index (χ1v) is 5.25. The first-order chi connectivity index (χ1) is 7.44. The van der Waals surface area contributed by atoms with Gasteiger partial charge in [0.2, 0.25) is 5.91 Å². The highest BCUT2D eigenvalue weighted by Crippen LogP contribution is 2.19. The molecule has 0 aromatic heterocycles. The van der Waals surface area contributed by atoms with Crippen molar-refractivity contribution in [1.82, 2.24) is 5.32 Å². The average Bonchev–Trinajstić information content (AvgIpc) is 2.26. The Bertz CT molecular complexity index is 272. The number of hydrogen-bond donors (Lipinski definition) is 3. The molecular formula is C10H17NO5. The zero-order chi connectivity index (χ0) is 12.2. The Balaban J connectivity index is 2.38. The molecular weight excluding hydrogens is 214 g/mol.